The lowest BCUT2D eigenvalue weighted by Crippen LogP contribution is -2.10. The molecule has 0 aromatic carbocycles. The molecule has 2 saturated heterocycles. The van der Waals surface area contributed by atoms with Crippen molar-refractivity contribution in [2.24, 2.45) is 5.92 Å². The molecular formula is C8H11P. The Bertz CT molecular complexity index is 173. The van der Waals surface area contributed by atoms with Gasteiger partial charge in [-0.3, -0.25) is 0 Å². The van der Waals surface area contributed by atoms with Crippen LogP contribution in [0.3, 0.4) is 0 Å². The fourth-order valence-corrected chi connectivity index (χ4v) is 6.39. The molecule has 9 heavy (non-hydrogen) atoms. The molecule has 0 aliphatic carbocycles. The lowest BCUT2D eigenvalue weighted by atomic mass is 9.92. The second-order valence-electron chi connectivity index (χ2n) is 3.47. The first kappa shape index (κ1) is 4.91. The topological polar surface area (TPSA) is 0 Å². The molecule has 0 spiro atoms. The van der Waals surface area contributed by atoms with Crippen LogP contribution in [0.25, 0.3) is 0 Å². The summed E-state index contributed by atoms with van der Waals surface area (Å²) >= 11 is 0. The molecule has 0 aromatic heterocycles. The van der Waals surface area contributed by atoms with E-state index in [1.165, 1.54) is 0 Å². The fourth-order valence-electron chi connectivity index (χ4n) is 2.69. The molecule has 0 amide bonds. The van der Waals surface area contributed by atoms with Crippen LogP contribution >= 0.6 is 7.92 Å². The predicted molar refractivity (Wildman–Crippen MR) is 41.2 cm³/mol. The second kappa shape index (κ2) is 1.42. The summed E-state index contributed by atoms with van der Waals surface area (Å²) < 4.78 is 0. The highest BCUT2D eigenvalue weighted by Gasteiger charge is 2.48. The largest absolute Gasteiger partial charge is 0.0923 e. The van der Waals surface area contributed by atoms with E-state index in [9.17, 15) is 0 Å². The van der Waals surface area contributed by atoms with Gasteiger partial charge in [0.1, 0.15) is 0 Å². The standard InChI is InChI=1S/C8H11P/c1-2-8-6-3-4-9(8)7(1)5-6/h1-2,6-8H,3-5H2/t6-,7-,8+,9?/m1/s1. The molecule has 48 valence electrons. The van der Waals surface area contributed by atoms with Gasteiger partial charge in [0, 0.05) is 5.66 Å². The van der Waals surface area contributed by atoms with E-state index in [1.54, 1.807) is 19.0 Å². The lowest BCUT2D eigenvalue weighted by Gasteiger charge is -2.16. The summed E-state index contributed by atoms with van der Waals surface area (Å²) in [6, 6.07) is 0. The van der Waals surface area contributed by atoms with Crippen molar-refractivity contribution in [1.29, 1.82) is 0 Å². The van der Waals surface area contributed by atoms with Crippen LogP contribution in [0, 0.1) is 5.92 Å². The third-order valence-electron chi connectivity index (χ3n) is 3.12. The van der Waals surface area contributed by atoms with Crippen LogP contribution in [0.2, 0.25) is 0 Å². The molecule has 1 unspecified atom stereocenters. The van der Waals surface area contributed by atoms with E-state index < -0.39 is 0 Å². The number of hydrogen-bond acceptors (Lipinski definition) is 0. The van der Waals surface area contributed by atoms with Crippen LogP contribution in [0.1, 0.15) is 12.8 Å². The quantitative estimate of drug-likeness (QED) is 0.355. The maximum atomic E-state index is 2.51. The van der Waals surface area contributed by atoms with Crippen LogP contribution in [-0.2, 0) is 0 Å². The van der Waals surface area contributed by atoms with Crippen molar-refractivity contribution in [1.82, 2.24) is 0 Å². The molecule has 3 rings (SSSR count). The van der Waals surface area contributed by atoms with Gasteiger partial charge in [-0.2, -0.15) is 0 Å². The first-order chi connectivity index (χ1) is 4.45. The SMILES string of the molecule is C1=C[C@H]2[C@@H]3CCP2[C@H]1C3. The molecule has 4 atom stereocenters. The van der Waals surface area contributed by atoms with E-state index in [1.807, 2.05) is 0 Å². The molecule has 0 radical (unpaired) electrons. The van der Waals surface area contributed by atoms with E-state index in [0.29, 0.717) is 7.92 Å². The van der Waals surface area contributed by atoms with Crippen LogP contribution in [0.4, 0.5) is 0 Å². The smallest absolute Gasteiger partial charge is 0.000465 e. The van der Waals surface area contributed by atoms with E-state index in [4.69, 9.17) is 0 Å². The number of hydrogen-bond donors (Lipinski definition) is 0. The minimum Gasteiger partial charge on any atom is -0.0923 e. The average molecular weight is 138 g/mol. The van der Waals surface area contributed by atoms with Gasteiger partial charge in [-0.25, -0.2) is 0 Å². The zero-order valence-corrected chi connectivity index (χ0v) is 6.35. The lowest BCUT2D eigenvalue weighted by molar-refractivity contribution is 0.518. The number of allylic oxidation sites excluding steroid dienone is 2. The fraction of sp³-hybridized carbons (Fsp3) is 0.750. The maximum Gasteiger partial charge on any atom is 0.000465 e. The third kappa shape index (κ3) is 0.454. The van der Waals surface area contributed by atoms with Crippen LogP contribution in [0.15, 0.2) is 12.2 Å². The Balaban J connectivity index is 2.10. The van der Waals surface area contributed by atoms with Gasteiger partial charge in [0.2, 0.25) is 0 Å². The Morgan fingerprint density at radius 3 is 2.89 bits per heavy atom. The summed E-state index contributed by atoms with van der Waals surface area (Å²) in [5, 5.41) is 0. The van der Waals surface area contributed by atoms with Gasteiger partial charge in [-0.15, -0.1) is 0 Å². The van der Waals surface area contributed by atoms with Crippen LogP contribution in [-0.4, -0.2) is 17.5 Å². The van der Waals surface area contributed by atoms with Crippen molar-refractivity contribution in [3.8, 4) is 0 Å². The molecule has 1 heteroatoms. The first-order valence-corrected chi connectivity index (χ1v) is 5.56. The summed E-state index contributed by atoms with van der Waals surface area (Å²) in [5.74, 6) is 1.14. The molecule has 3 heterocycles. The molecule has 3 aliphatic rings. The van der Waals surface area contributed by atoms with E-state index >= 15 is 0 Å². The molecule has 0 N–H and O–H groups in total. The third-order valence-corrected chi connectivity index (χ3v) is 6.49. The summed E-state index contributed by atoms with van der Waals surface area (Å²) in [7, 11) is 0.509. The highest BCUT2D eigenvalue weighted by Crippen LogP contribution is 2.68. The summed E-state index contributed by atoms with van der Waals surface area (Å²) in [6.07, 6.45) is 9.73. The van der Waals surface area contributed by atoms with Gasteiger partial charge < -0.3 is 0 Å². The average Bonchev–Trinajstić information content (AvgIpc) is 2.50. The van der Waals surface area contributed by atoms with Gasteiger partial charge in [0.15, 0.2) is 0 Å². The van der Waals surface area contributed by atoms with Crippen LogP contribution in [0.5, 0.6) is 0 Å². The van der Waals surface area contributed by atoms with E-state index in [-0.39, 0.29) is 0 Å². The highest BCUT2D eigenvalue weighted by molar-refractivity contribution is 7.60. The van der Waals surface area contributed by atoms with Crippen molar-refractivity contribution in [2.45, 2.75) is 24.2 Å². The van der Waals surface area contributed by atoms with Crippen LogP contribution < -0.4 is 0 Å². The van der Waals surface area contributed by atoms with E-state index in [0.717, 1.165) is 17.2 Å². The minimum absolute atomic E-state index is 0.509. The molecule has 0 saturated carbocycles. The molecular weight excluding hydrogens is 127 g/mol. The predicted octanol–water partition coefficient (Wildman–Crippen LogP) is 2.20. The Labute approximate surface area is 57.1 Å². The Morgan fingerprint density at radius 1 is 1.33 bits per heavy atom. The van der Waals surface area contributed by atoms with Gasteiger partial charge in [0.05, 0.1) is 0 Å². The normalized spacial score (nSPS) is 59.6. The van der Waals surface area contributed by atoms with Gasteiger partial charge in [-0.05, 0) is 30.6 Å². The Kier molecular flexibility index (Phi) is 0.777. The summed E-state index contributed by atoms with van der Waals surface area (Å²) in [6.45, 7) is 0. The maximum absolute atomic E-state index is 2.51. The van der Waals surface area contributed by atoms with E-state index in [2.05, 4.69) is 12.2 Å². The first-order valence-electron chi connectivity index (χ1n) is 3.89. The summed E-state index contributed by atoms with van der Waals surface area (Å²) in [4.78, 5) is 0. The van der Waals surface area contributed by atoms with Gasteiger partial charge >= 0.3 is 0 Å². The number of rotatable bonds is 0. The Morgan fingerprint density at radius 2 is 2.33 bits per heavy atom. The van der Waals surface area contributed by atoms with Crippen molar-refractivity contribution in [2.75, 3.05) is 6.16 Å². The summed E-state index contributed by atoms with van der Waals surface area (Å²) in [5.41, 5.74) is 2.19. The van der Waals surface area contributed by atoms with Gasteiger partial charge in [-0.1, -0.05) is 20.1 Å². The minimum atomic E-state index is 0.509. The molecule has 3 aliphatic heterocycles. The zero-order valence-electron chi connectivity index (χ0n) is 5.46. The van der Waals surface area contributed by atoms with Gasteiger partial charge in [0.25, 0.3) is 0 Å². The van der Waals surface area contributed by atoms with Crippen molar-refractivity contribution in [3.63, 3.8) is 0 Å². The monoisotopic (exact) mass is 138 g/mol. The molecule has 4 bridgehead atoms. The zero-order chi connectivity index (χ0) is 5.84. The second-order valence-corrected chi connectivity index (χ2v) is 6.20. The molecule has 0 aromatic rings. The molecule has 0 nitrogen and oxygen atoms in total. The Hall–Kier alpha value is 0.170. The van der Waals surface area contributed by atoms with Crippen molar-refractivity contribution >= 4 is 7.92 Å². The molecule has 2 fully saturated rings. The van der Waals surface area contributed by atoms with Crippen molar-refractivity contribution in [3.05, 3.63) is 12.2 Å². The highest BCUT2D eigenvalue weighted by atomic mass is 31.1. The van der Waals surface area contributed by atoms with Crippen molar-refractivity contribution < 1.29 is 0 Å².